The van der Waals surface area contributed by atoms with Gasteiger partial charge < -0.3 is 15.4 Å². The average molecular weight is 442 g/mol. The lowest BCUT2D eigenvalue weighted by atomic mass is 9.86. The van der Waals surface area contributed by atoms with Crippen molar-refractivity contribution in [1.29, 1.82) is 0 Å². The van der Waals surface area contributed by atoms with Crippen molar-refractivity contribution >= 4 is 18.0 Å². The second-order valence-electron chi connectivity index (χ2n) is 7.96. The third-order valence-electron chi connectivity index (χ3n) is 5.79. The molecule has 3 aromatic rings. The van der Waals surface area contributed by atoms with Crippen LogP contribution < -0.4 is 20.7 Å². The molecule has 3 aromatic carbocycles. The van der Waals surface area contributed by atoms with E-state index in [4.69, 9.17) is 4.74 Å². The highest BCUT2D eigenvalue weighted by Gasteiger charge is 2.49. The van der Waals surface area contributed by atoms with Gasteiger partial charge in [-0.3, -0.25) is 15.0 Å². The van der Waals surface area contributed by atoms with Crippen LogP contribution in [0.4, 0.5) is 9.59 Å². The van der Waals surface area contributed by atoms with Crippen molar-refractivity contribution in [3.05, 3.63) is 96.1 Å². The summed E-state index contributed by atoms with van der Waals surface area (Å²) in [6.45, 7) is 0.255. The van der Waals surface area contributed by atoms with E-state index in [0.29, 0.717) is 17.1 Å². The molecule has 3 unspecified atom stereocenters. The first-order chi connectivity index (χ1) is 16.1. The van der Waals surface area contributed by atoms with E-state index in [0.717, 1.165) is 5.56 Å². The minimum Gasteiger partial charge on any atom is -0.457 e. The van der Waals surface area contributed by atoms with Crippen LogP contribution in [-0.4, -0.2) is 29.0 Å². The Morgan fingerprint density at radius 1 is 0.788 bits per heavy atom. The zero-order valence-electron chi connectivity index (χ0n) is 17.6. The normalized spacial score (nSPS) is 22.0. The number of carbonyl (C=O) groups excluding carboxylic acids is 3. The van der Waals surface area contributed by atoms with Gasteiger partial charge in [-0.15, -0.1) is 0 Å². The van der Waals surface area contributed by atoms with Gasteiger partial charge in [-0.05, 0) is 35.4 Å². The molecule has 2 heterocycles. The van der Waals surface area contributed by atoms with Crippen LogP contribution in [0.5, 0.6) is 11.5 Å². The van der Waals surface area contributed by atoms with Crippen LogP contribution in [0.25, 0.3) is 0 Å². The molecule has 0 aromatic heterocycles. The predicted molar refractivity (Wildman–Crippen MR) is 120 cm³/mol. The van der Waals surface area contributed by atoms with Gasteiger partial charge in [-0.1, -0.05) is 60.7 Å². The first kappa shape index (κ1) is 20.6. The van der Waals surface area contributed by atoms with Gasteiger partial charge in [0.05, 0.1) is 6.04 Å². The maximum Gasteiger partial charge on any atom is 0.326 e. The largest absolute Gasteiger partial charge is 0.457 e. The van der Waals surface area contributed by atoms with E-state index in [-0.39, 0.29) is 6.54 Å². The van der Waals surface area contributed by atoms with Crippen molar-refractivity contribution in [2.24, 2.45) is 5.92 Å². The van der Waals surface area contributed by atoms with Gasteiger partial charge in [0.25, 0.3) is 0 Å². The molecule has 2 aliphatic rings. The molecule has 2 fully saturated rings. The molecule has 3 N–H and O–H groups in total. The Balaban J connectivity index is 1.45. The van der Waals surface area contributed by atoms with E-state index in [9.17, 15) is 14.4 Å². The number of nitrogens with zero attached hydrogens (tertiary/aromatic N) is 1. The highest BCUT2D eigenvalue weighted by Crippen LogP contribution is 2.34. The third-order valence-corrected chi connectivity index (χ3v) is 5.79. The van der Waals surface area contributed by atoms with Crippen LogP contribution in [0.15, 0.2) is 84.9 Å². The monoisotopic (exact) mass is 442 g/mol. The SMILES string of the molecule is O=C1NC(c2cccc(Oc3ccccc3)c2)C2C(=O)NC(=O)N(Cc3ccccc3)C2N1. The summed E-state index contributed by atoms with van der Waals surface area (Å²) in [5.74, 6) is 0.0886. The number of carbonyl (C=O) groups is 3. The van der Waals surface area contributed by atoms with Crippen molar-refractivity contribution in [3.8, 4) is 11.5 Å². The summed E-state index contributed by atoms with van der Waals surface area (Å²) in [6.07, 6.45) is -0.788. The number of hydrogen-bond donors (Lipinski definition) is 3. The number of ether oxygens (including phenoxy) is 1. The predicted octanol–water partition coefficient (Wildman–Crippen LogP) is 3.53. The topological polar surface area (TPSA) is 99.8 Å². The van der Waals surface area contributed by atoms with Gasteiger partial charge in [0.1, 0.15) is 23.6 Å². The number of fused-ring (bicyclic) bond motifs is 1. The lowest BCUT2D eigenvalue weighted by Crippen LogP contribution is -2.71. The molecular formula is C25H22N4O4. The lowest BCUT2D eigenvalue weighted by molar-refractivity contribution is -0.130. The van der Waals surface area contributed by atoms with Crippen LogP contribution in [0.1, 0.15) is 17.2 Å². The van der Waals surface area contributed by atoms with Crippen molar-refractivity contribution < 1.29 is 19.1 Å². The summed E-state index contributed by atoms with van der Waals surface area (Å²) < 4.78 is 5.92. The van der Waals surface area contributed by atoms with E-state index >= 15 is 0 Å². The molecule has 2 saturated heterocycles. The quantitative estimate of drug-likeness (QED) is 0.563. The molecule has 8 nitrogen and oxygen atoms in total. The second-order valence-corrected chi connectivity index (χ2v) is 7.96. The Morgan fingerprint density at radius 2 is 1.48 bits per heavy atom. The Kier molecular flexibility index (Phi) is 5.40. The Morgan fingerprint density at radius 3 is 2.24 bits per heavy atom. The number of benzene rings is 3. The second kappa shape index (κ2) is 8.66. The number of urea groups is 2. The van der Waals surface area contributed by atoms with Gasteiger partial charge >= 0.3 is 12.1 Å². The molecule has 0 radical (unpaired) electrons. The smallest absolute Gasteiger partial charge is 0.326 e. The average Bonchev–Trinajstić information content (AvgIpc) is 2.82. The standard InChI is InChI=1S/C25H22N4O4/c30-23-20-21(17-10-7-13-19(14-17)33-18-11-5-2-6-12-18)26-24(31)27-22(20)29(25(32)28-23)15-16-8-3-1-4-9-16/h1-14,20-22H,15H2,(H2,26,27,31)(H,28,30,32). The summed E-state index contributed by atoms with van der Waals surface area (Å²) in [6, 6.07) is 24.4. The molecule has 5 rings (SSSR count). The van der Waals surface area contributed by atoms with Crippen LogP contribution in [0, 0.1) is 5.92 Å². The molecule has 0 spiro atoms. The molecule has 33 heavy (non-hydrogen) atoms. The summed E-state index contributed by atoms with van der Waals surface area (Å²) in [7, 11) is 0. The van der Waals surface area contributed by atoms with Crippen molar-refractivity contribution in [2.75, 3.05) is 0 Å². The summed E-state index contributed by atoms with van der Waals surface area (Å²) in [5, 5.41) is 8.06. The lowest BCUT2D eigenvalue weighted by Gasteiger charge is -2.46. The van der Waals surface area contributed by atoms with Crippen LogP contribution in [0.3, 0.4) is 0 Å². The Hall–Kier alpha value is -4.33. The number of amides is 5. The zero-order valence-corrected chi connectivity index (χ0v) is 17.6. The summed E-state index contributed by atoms with van der Waals surface area (Å²) >= 11 is 0. The van der Waals surface area contributed by atoms with Crippen molar-refractivity contribution in [3.63, 3.8) is 0 Å². The molecule has 2 aliphatic heterocycles. The van der Waals surface area contributed by atoms with Gasteiger partial charge in [-0.25, -0.2) is 9.59 Å². The molecule has 5 amide bonds. The molecule has 8 heteroatoms. The number of para-hydroxylation sites is 1. The van der Waals surface area contributed by atoms with E-state index in [1.165, 1.54) is 4.90 Å². The van der Waals surface area contributed by atoms with Gasteiger partial charge in [0.2, 0.25) is 5.91 Å². The fourth-order valence-corrected chi connectivity index (χ4v) is 4.27. The Bertz CT molecular complexity index is 1190. The molecule has 166 valence electrons. The van der Waals surface area contributed by atoms with Crippen LogP contribution >= 0.6 is 0 Å². The van der Waals surface area contributed by atoms with E-state index < -0.39 is 36.1 Å². The maximum absolute atomic E-state index is 12.9. The number of rotatable bonds is 5. The fraction of sp³-hybridized carbons (Fsp3) is 0.160. The van der Waals surface area contributed by atoms with Crippen LogP contribution in [-0.2, 0) is 11.3 Å². The minimum absolute atomic E-state index is 0.255. The number of hydrogen-bond acceptors (Lipinski definition) is 4. The van der Waals surface area contributed by atoms with Gasteiger partial charge in [0.15, 0.2) is 0 Å². The van der Waals surface area contributed by atoms with Gasteiger partial charge in [0, 0.05) is 6.54 Å². The third kappa shape index (κ3) is 4.23. The first-order valence-electron chi connectivity index (χ1n) is 10.6. The maximum atomic E-state index is 12.9. The number of imide groups is 1. The van der Waals surface area contributed by atoms with Gasteiger partial charge in [-0.2, -0.15) is 0 Å². The first-order valence-corrected chi connectivity index (χ1v) is 10.6. The molecule has 0 saturated carbocycles. The molecule has 0 aliphatic carbocycles. The Labute approximate surface area is 190 Å². The molecule has 0 bridgehead atoms. The number of nitrogens with one attached hydrogen (secondary N) is 3. The van der Waals surface area contributed by atoms with E-state index in [1.54, 1.807) is 6.07 Å². The summed E-state index contributed by atoms with van der Waals surface area (Å²) in [4.78, 5) is 39.6. The minimum atomic E-state index is -0.788. The van der Waals surface area contributed by atoms with Crippen LogP contribution in [0.2, 0.25) is 0 Å². The molecule has 3 atom stereocenters. The fourth-order valence-electron chi connectivity index (χ4n) is 4.27. The highest BCUT2D eigenvalue weighted by molar-refractivity contribution is 6.00. The van der Waals surface area contributed by atoms with E-state index in [2.05, 4.69) is 16.0 Å². The summed E-state index contributed by atoms with van der Waals surface area (Å²) in [5.41, 5.74) is 1.60. The zero-order chi connectivity index (χ0) is 22.8. The highest BCUT2D eigenvalue weighted by atomic mass is 16.5. The van der Waals surface area contributed by atoms with E-state index in [1.807, 2.05) is 78.9 Å². The van der Waals surface area contributed by atoms with Crippen molar-refractivity contribution in [1.82, 2.24) is 20.9 Å². The van der Waals surface area contributed by atoms with Crippen molar-refractivity contribution in [2.45, 2.75) is 18.8 Å². The molecular weight excluding hydrogens is 420 g/mol.